The van der Waals surface area contributed by atoms with E-state index in [1.165, 1.54) is 0 Å². The van der Waals surface area contributed by atoms with Crippen LogP contribution in [0.5, 0.6) is 0 Å². The first-order chi connectivity index (χ1) is 11.0. The van der Waals surface area contributed by atoms with Crippen molar-refractivity contribution in [1.82, 2.24) is 19.7 Å². The second kappa shape index (κ2) is 6.08. The van der Waals surface area contributed by atoms with Crippen LogP contribution in [0.4, 0.5) is 5.69 Å². The van der Waals surface area contributed by atoms with Crippen LogP contribution in [-0.2, 0) is 13.6 Å². The van der Waals surface area contributed by atoms with Crippen LogP contribution in [-0.4, -0.2) is 19.7 Å². The fourth-order valence-electron chi connectivity index (χ4n) is 2.52. The molecule has 5 nitrogen and oxygen atoms in total. The SMILES string of the molecule is Cc1nc(-c2cccc(NCc3c(Cl)c(C)nn3C)c2)[nH]c1C. The van der Waals surface area contributed by atoms with Crippen LogP contribution in [0.1, 0.15) is 22.8 Å². The average Bonchev–Trinajstić information content (AvgIpc) is 2.98. The molecule has 3 rings (SSSR count). The molecule has 0 radical (unpaired) electrons. The molecule has 6 heteroatoms. The molecular formula is C17H20ClN5. The molecule has 0 atom stereocenters. The number of benzene rings is 1. The van der Waals surface area contributed by atoms with Crippen molar-refractivity contribution in [2.75, 3.05) is 5.32 Å². The molecule has 0 aliphatic heterocycles. The van der Waals surface area contributed by atoms with Gasteiger partial charge in [0.1, 0.15) is 5.82 Å². The Labute approximate surface area is 140 Å². The van der Waals surface area contributed by atoms with Crippen LogP contribution in [0.3, 0.4) is 0 Å². The predicted octanol–water partition coefficient (Wildman–Crippen LogP) is 4.00. The monoisotopic (exact) mass is 329 g/mol. The number of H-pyrrole nitrogens is 1. The lowest BCUT2D eigenvalue weighted by Crippen LogP contribution is -2.06. The van der Waals surface area contributed by atoms with Gasteiger partial charge < -0.3 is 10.3 Å². The molecule has 0 fully saturated rings. The largest absolute Gasteiger partial charge is 0.379 e. The summed E-state index contributed by atoms with van der Waals surface area (Å²) in [5, 5.41) is 8.45. The lowest BCUT2D eigenvalue weighted by atomic mass is 10.2. The van der Waals surface area contributed by atoms with Gasteiger partial charge in [-0.1, -0.05) is 23.7 Å². The highest BCUT2D eigenvalue weighted by molar-refractivity contribution is 6.31. The number of nitrogens with one attached hydrogen (secondary N) is 2. The van der Waals surface area contributed by atoms with Gasteiger partial charge in [0.25, 0.3) is 0 Å². The zero-order valence-electron chi connectivity index (χ0n) is 13.7. The van der Waals surface area contributed by atoms with E-state index in [9.17, 15) is 0 Å². The molecule has 23 heavy (non-hydrogen) atoms. The number of halogens is 1. The van der Waals surface area contributed by atoms with Gasteiger partial charge >= 0.3 is 0 Å². The number of aromatic nitrogens is 4. The first-order valence-electron chi connectivity index (χ1n) is 7.51. The molecule has 2 N–H and O–H groups in total. The summed E-state index contributed by atoms with van der Waals surface area (Å²) >= 11 is 6.29. The quantitative estimate of drug-likeness (QED) is 0.760. The van der Waals surface area contributed by atoms with E-state index in [2.05, 4.69) is 26.4 Å². The molecule has 120 valence electrons. The minimum Gasteiger partial charge on any atom is -0.379 e. The van der Waals surface area contributed by atoms with Gasteiger partial charge in [0.2, 0.25) is 0 Å². The van der Waals surface area contributed by atoms with Gasteiger partial charge in [0.05, 0.1) is 28.6 Å². The predicted molar refractivity (Wildman–Crippen MR) is 93.8 cm³/mol. The maximum atomic E-state index is 6.29. The Morgan fingerprint density at radius 3 is 2.61 bits per heavy atom. The van der Waals surface area contributed by atoms with Gasteiger partial charge in [-0.3, -0.25) is 4.68 Å². The van der Waals surface area contributed by atoms with Crippen LogP contribution >= 0.6 is 11.6 Å². The maximum absolute atomic E-state index is 6.29. The van der Waals surface area contributed by atoms with Crippen LogP contribution in [0.2, 0.25) is 5.02 Å². The number of aromatic amines is 1. The van der Waals surface area contributed by atoms with Gasteiger partial charge in [-0.25, -0.2) is 4.98 Å². The smallest absolute Gasteiger partial charge is 0.137 e. The Morgan fingerprint density at radius 2 is 2.00 bits per heavy atom. The van der Waals surface area contributed by atoms with E-state index in [4.69, 9.17) is 11.6 Å². The molecule has 0 saturated heterocycles. The Balaban J connectivity index is 1.80. The van der Waals surface area contributed by atoms with Gasteiger partial charge in [0, 0.05) is 24.0 Å². The van der Waals surface area contributed by atoms with E-state index in [0.717, 1.165) is 39.9 Å². The number of hydrogen-bond acceptors (Lipinski definition) is 3. The summed E-state index contributed by atoms with van der Waals surface area (Å²) in [6.07, 6.45) is 0. The molecule has 0 spiro atoms. The molecule has 0 unspecified atom stereocenters. The first-order valence-corrected chi connectivity index (χ1v) is 7.89. The van der Waals surface area contributed by atoms with Crippen molar-refractivity contribution >= 4 is 17.3 Å². The summed E-state index contributed by atoms with van der Waals surface area (Å²) in [6, 6.07) is 8.17. The van der Waals surface area contributed by atoms with Gasteiger partial charge in [-0.15, -0.1) is 0 Å². The minimum atomic E-state index is 0.621. The summed E-state index contributed by atoms with van der Waals surface area (Å²) in [5.41, 5.74) is 6.01. The molecule has 0 saturated carbocycles. The van der Waals surface area contributed by atoms with E-state index in [1.54, 1.807) is 0 Å². The van der Waals surface area contributed by atoms with Crippen molar-refractivity contribution in [2.45, 2.75) is 27.3 Å². The number of anilines is 1. The van der Waals surface area contributed by atoms with Gasteiger partial charge in [0.15, 0.2) is 0 Å². The van der Waals surface area contributed by atoms with E-state index >= 15 is 0 Å². The van der Waals surface area contributed by atoms with Crippen molar-refractivity contribution in [2.24, 2.45) is 7.05 Å². The number of nitrogens with zero attached hydrogens (tertiary/aromatic N) is 3. The zero-order chi connectivity index (χ0) is 16.6. The van der Waals surface area contributed by atoms with Gasteiger partial charge in [-0.05, 0) is 32.9 Å². The van der Waals surface area contributed by atoms with E-state index in [0.29, 0.717) is 11.6 Å². The topological polar surface area (TPSA) is 58.5 Å². The third-order valence-corrected chi connectivity index (χ3v) is 4.48. The lowest BCUT2D eigenvalue weighted by Gasteiger charge is -2.08. The van der Waals surface area contributed by atoms with E-state index in [-0.39, 0.29) is 0 Å². The lowest BCUT2D eigenvalue weighted by molar-refractivity contribution is 0.713. The standard InChI is InChI=1S/C17H20ClN5/c1-10-11(2)21-17(20-10)13-6-5-7-14(8-13)19-9-15-16(18)12(3)22-23(15)4/h5-8,19H,9H2,1-4H3,(H,20,21). The Kier molecular flexibility index (Phi) is 4.13. The summed E-state index contributed by atoms with van der Waals surface area (Å²) in [7, 11) is 1.90. The number of imidazole rings is 1. The Morgan fingerprint density at radius 1 is 1.22 bits per heavy atom. The highest BCUT2D eigenvalue weighted by atomic mass is 35.5. The molecule has 2 aromatic heterocycles. The summed E-state index contributed by atoms with van der Waals surface area (Å²) in [6.45, 7) is 6.56. The van der Waals surface area contributed by atoms with Crippen molar-refractivity contribution in [3.8, 4) is 11.4 Å². The second-order valence-corrected chi connectivity index (χ2v) is 6.08. The van der Waals surface area contributed by atoms with Crippen LogP contribution < -0.4 is 5.32 Å². The fraction of sp³-hybridized carbons (Fsp3) is 0.294. The summed E-state index contributed by atoms with van der Waals surface area (Å²) in [5.74, 6) is 0.887. The highest BCUT2D eigenvalue weighted by Gasteiger charge is 2.11. The highest BCUT2D eigenvalue weighted by Crippen LogP contribution is 2.23. The second-order valence-electron chi connectivity index (χ2n) is 5.70. The van der Waals surface area contributed by atoms with Crippen molar-refractivity contribution < 1.29 is 0 Å². The van der Waals surface area contributed by atoms with E-state index < -0.39 is 0 Å². The molecule has 3 aromatic rings. The minimum absolute atomic E-state index is 0.621. The van der Waals surface area contributed by atoms with Crippen molar-refractivity contribution in [1.29, 1.82) is 0 Å². The van der Waals surface area contributed by atoms with Crippen LogP contribution in [0, 0.1) is 20.8 Å². The zero-order valence-corrected chi connectivity index (χ0v) is 14.5. The average molecular weight is 330 g/mol. The van der Waals surface area contributed by atoms with Crippen molar-refractivity contribution in [3.63, 3.8) is 0 Å². The summed E-state index contributed by atoms with van der Waals surface area (Å²) < 4.78 is 1.81. The number of aryl methyl sites for hydroxylation is 4. The van der Waals surface area contributed by atoms with Crippen LogP contribution in [0.15, 0.2) is 24.3 Å². The molecule has 0 aliphatic carbocycles. The van der Waals surface area contributed by atoms with Crippen molar-refractivity contribution in [3.05, 3.63) is 52.1 Å². The molecular weight excluding hydrogens is 310 g/mol. The Bertz CT molecular complexity index is 827. The third-order valence-electron chi connectivity index (χ3n) is 3.99. The summed E-state index contributed by atoms with van der Waals surface area (Å²) in [4.78, 5) is 7.86. The fourth-order valence-corrected chi connectivity index (χ4v) is 2.75. The number of rotatable bonds is 4. The normalized spacial score (nSPS) is 11.0. The molecule has 2 heterocycles. The molecule has 0 bridgehead atoms. The third kappa shape index (κ3) is 3.10. The van der Waals surface area contributed by atoms with Gasteiger partial charge in [-0.2, -0.15) is 5.10 Å². The maximum Gasteiger partial charge on any atom is 0.137 e. The first kappa shape index (κ1) is 15.6. The van der Waals surface area contributed by atoms with Crippen LogP contribution in [0.25, 0.3) is 11.4 Å². The Hall–Kier alpha value is -2.27. The molecule has 0 amide bonds. The van der Waals surface area contributed by atoms with E-state index in [1.807, 2.05) is 50.7 Å². The number of hydrogen-bond donors (Lipinski definition) is 2. The molecule has 1 aromatic carbocycles. The molecule has 0 aliphatic rings.